The van der Waals surface area contributed by atoms with E-state index < -0.39 is 0 Å². The summed E-state index contributed by atoms with van der Waals surface area (Å²) in [6.45, 7) is 4.69. The molecule has 1 saturated heterocycles. The van der Waals surface area contributed by atoms with E-state index in [0.29, 0.717) is 12.2 Å². The van der Waals surface area contributed by atoms with Gasteiger partial charge in [0.15, 0.2) is 6.61 Å². The van der Waals surface area contributed by atoms with Gasteiger partial charge in [0.1, 0.15) is 5.75 Å². The summed E-state index contributed by atoms with van der Waals surface area (Å²) in [5.74, 6) is 0.489. The van der Waals surface area contributed by atoms with E-state index in [2.05, 4.69) is 5.32 Å². The van der Waals surface area contributed by atoms with E-state index in [1.165, 1.54) is 5.56 Å². The van der Waals surface area contributed by atoms with E-state index in [1.807, 2.05) is 44.2 Å². The van der Waals surface area contributed by atoms with Crippen LogP contribution in [0.5, 0.6) is 5.75 Å². The summed E-state index contributed by atoms with van der Waals surface area (Å²) in [7, 11) is 0. The fraction of sp³-hybridized carbons (Fsp3) is 0.300. The monoisotopic (exact) mass is 338 g/mol. The van der Waals surface area contributed by atoms with Crippen LogP contribution in [0.4, 0.5) is 11.4 Å². The van der Waals surface area contributed by atoms with Gasteiger partial charge in [-0.15, -0.1) is 0 Å². The largest absolute Gasteiger partial charge is 0.484 e. The predicted octanol–water partition coefficient (Wildman–Crippen LogP) is 3.45. The average Bonchev–Trinajstić information content (AvgIpc) is 3.03. The smallest absolute Gasteiger partial charge is 0.262 e. The van der Waals surface area contributed by atoms with Gasteiger partial charge >= 0.3 is 0 Å². The number of aryl methyl sites for hydroxylation is 2. The lowest BCUT2D eigenvalue weighted by molar-refractivity contribution is -0.118. The zero-order chi connectivity index (χ0) is 17.8. The fourth-order valence-electron chi connectivity index (χ4n) is 2.83. The summed E-state index contributed by atoms with van der Waals surface area (Å²) < 4.78 is 5.58. The highest BCUT2D eigenvalue weighted by molar-refractivity contribution is 5.95. The molecule has 2 amide bonds. The Hall–Kier alpha value is -2.82. The number of amides is 2. The first-order valence-electron chi connectivity index (χ1n) is 8.43. The Kier molecular flexibility index (Phi) is 5.03. The van der Waals surface area contributed by atoms with Crippen molar-refractivity contribution in [3.63, 3.8) is 0 Å². The molecule has 1 N–H and O–H groups in total. The van der Waals surface area contributed by atoms with Crippen LogP contribution in [-0.4, -0.2) is 25.0 Å². The number of nitrogens with zero attached hydrogens (tertiary/aromatic N) is 1. The molecule has 0 aromatic heterocycles. The molecule has 25 heavy (non-hydrogen) atoms. The minimum atomic E-state index is -0.217. The van der Waals surface area contributed by atoms with Crippen molar-refractivity contribution in [2.45, 2.75) is 26.7 Å². The lowest BCUT2D eigenvalue weighted by atomic mass is 10.1. The van der Waals surface area contributed by atoms with Crippen molar-refractivity contribution in [3.8, 4) is 5.75 Å². The molecule has 0 bridgehead atoms. The number of carbonyl (C=O) groups excluding carboxylic acids is 2. The number of benzene rings is 2. The van der Waals surface area contributed by atoms with Gasteiger partial charge in [-0.05, 0) is 55.7 Å². The summed E-state index contributed by atoms with van der Waals surface area (Å²) in [6, 6.07) is 13.1. The van der Waals surface area contributed by atoms with E-state index in [4.69, 9.17) is 4.74 Å². The van der Waals surface area contributed by atoms with Gasteiger partial charge in [0, 0.05) is 30.4 Å². The first-order chi connectivity index (χ1) is 12.0. The van der Waals surface area contributed by atoms with E-state index in [-0.39, 0.29) is 18.4 Å². The molecule has 5 nitrogen and oxygen atoms in total. The van der Waals surface area contributed by atoms with Crippen LogP contribution in [0.25, 0.3) is 0 Å². The summed E-state index contributed by atoms with van der Waals surface area (Å²) in [5, 5.41) is 2.83. The number of hydrogen-bond acceptors (Lipinski definition) is 3. The molecule has 0 atom stereocenters. The minimum absolute atomic E-state index is 0.0790. The highest BCUT2D eigenvalue weighted by Gasteiger charge is 2.21. The Morgan fingerprint density at radius 1 is 1.16 bits per heavy atom. The van der Waals surface area contributed by atoms with Crippen molar-refractivity contribution >= 4 is 23.2 Å². The molecule has 0 spiro atoms. The van der Waals surface area contributed by atoms with Gasteiger partial charge in [0.25, 0.3) is 5.91 Å². The summed E-state index contributed by atoms with van der Waals surface area (Å²) in [5.41, 5.74) is 3.88. The number of carbonyl (C=O) groups is 2. The Labute approximate surface area is 147 Å². The molecule has 3 rings (SSSR count). The zero-order valence-electron chi connectivity index (χ0n) is 14.5. The fourth-order valence-corrected chi connectivity index (χ4v) is 2.83. The minimum Gasteiger partial charge on any atom is -0.484 e. The maximum atomic E-state index is 12.1. The molecule has 0 saturated carbocycles. The van der Waals surface area contributed by atoms with Crippen LogP contribution in [0, 0.1) is 13.8 Å². The lowest BCUT2D eigenvalue weighted by Crippen LogP contribution is -2.24. The third-order valence-electron chi connectivity index (χ3n) is 4.36. The molecule has 1 fully saturated rings. The third-order valence-corrected chi connectivity index (χ3v) is 4.36. The van der Waals surface area contributed by atoms with Crippen molar-refractivity contribution < 1.29 is 14.3 Å². The van der Waals surface area contributed by atoms with Crippen molar-refractivity contribution in [1.82, 2.24) is 0 Å². The molecule has 1 heterocycles. The van der Waals surface area contributed by atoms with Crippen molar-refractivity contribution in [2.24, 2.45) is 0 Å². The van der Waals surface area contributed by atoms with Crippen molar-refractivity contribution in [3.05, 3.63) is 53.6 Å². The van der Waals surface area contributed by atoms with Gasteiger partial charge in [-0.2, -0.15) is 0 Å². The first kappa shape index (κ1) is 17.0. The van der Waals surface area contributed by atoms with Crippen LogP contribution < -0.4 is 15.0 Å². The first-order valence-corrected chi connectivity index (χ1v) is 8.43. The number of nitrogens with one attached hydrogen (secondary N) is 1. The number of anilines is 2. The second-order valence-electron chi connectivity index (χ2n) is 6.28. The Morgan fingerprint density at radius 3 is 2.72 bits per heavy atom. The quantitative estimate of drug-likeness (QED) is 0.908. The summed E-state index contributed by atoms with van der Waals surface area (Å²) >= 11 is 0. The molecular formula is C20H22N2O3. The Morgan fingerprint density at radius 2 is 2.00 bits per heavy atom. The van der Waals surface area contributed by atoms with Crippen molar-refractivity contribution in [2.75, 3.05) is 23.4 Å². The van der Waals surface area contributed by atoms with Crippen LogP contribution >= 0.6 is 0 Å². The molecule has 0 aliphatic carbocycles. The van der Waals surface area contributed by atoms with Crippen LogP contribution in [0.1, 0.15) is 24.0 Å². The molecule has 0 unspecified atom stereocenters. The zero-order valence-corrected chi connectivity index (χ0v) is 14.5. The molecule has 5 heteroatoms. The topological polar surface area (TPSA) is 58.6 Å². The number of hydrogen-bond donors (Lipinski definition) is 1. The van der Waals surface area contributed by atoms with Gasteiger partial charge in [0.05, 0.1) is 0 Å². The SMILES string of the molecule is Cc1ccc(NC(=O)COc2cccc(N3CCCC3=O)c2)cc1C. The predicted molar refractivity (Wildman–Crippen MR) is 98.1 cm³/mol. The molecule has 2 aromatic carbocycles. The second-order valence-corrected chi connectivity index (χ2v) is 6.28. The van der Waals surface area contributed by atoms with Crippen LogP contribution in [0.2, 0.25) is 0 Å². The number of rotatable bonds is 5. The molecule has 1 aliphatic rings. The van der Waals surface area contributed by atoms with E-state index >= 15 is 0 Å². The Bertz CT molecular complexity index is 801. The highest BCUT2D eigenvalue weighted by atomic mass is 16.5. The van der Waals surface area contributed by atoms with Crippen LogP contribution in [-0.2, 0) is 9.59 Å². The molecular weight excluding hydrogens is 316 g/mol. The van der Waals surface area contributed by atoms with Crippen LogP contribution in [0.3, 0.4) is 0 Å². The van der Waals surface area contributed by atoms with Crippen molar-refractivity contribution in [1.29, 1.82) is 0 Å². The lowest BCUT2D eigenvalue weighted by Gasteiger charge is -2.16. The summed E-state index contributed by atoms with van der Waals surface area (Å²) in [4.78, 5) is 25.7. The van der Waals surface area contributed by atoms with E-state index in [9.17, 15) is 9.59 Å². The maximum absolute atomic E-state index is 12.1. The average molecular weight is 338 g/mol. The van der Waals surface area contributed by atoms with E-state index in [1.54, 1.807) is 17.0 Å². The highest BCUT2D eigenvalue weighted by Crippen LogP contribution is 2.25. The summed E-state index contributed by atoms with van der Waals surface area (Å²) in [6.07, 6.45) is 1.46. The van der Waals surface area contributed by atoms with Crippen LogP contribution in [0.15, 0.2) is 42.5 Å². The molecule has 1 aliphatic heterocycles. The normalized spacial score (nSPS) is 13.8. The Balaban J connectivity index is 1.58. The molecule has 130 valence electrons. The second kappa shape index (κ2) is 7.38. The third kappa shape index (κ3) is 4.18. The molecule has 0 radical (unpaired) electrons. The van der Waals surface area contributed by atoms with Gasteiger partial charge in [-0.25, -0.2) is 0 Å². The van der Waals surface area contributed by atoms with Gasteiger partial charge in [-0.3, -0.25) is 9.59 Å². The van der Waals surface area contributed by atoms with Gasteiger partial charge in [0.2, 0.25) is 5.91 Å². The van der Waals surface area contributed by atoms with Gasteiger partial charge < -0.3 is 15.0 Å². The number of ether oxygens (including phenoxy) is 1. The standard InChI is InChI=1S/C20H22N2O3/c1-14-8-9-16(11-15(14)2)21-19(23)13-25-18-6-3-5-17(12-18)22-10-4-7-20(22)24/h3,5-6,8-9,11-12H,4,7,10,13H2,1-2H3,(H,21,23). The molecule has 2 aromatic rings. The maximum Gasteiger partial charge on any atom is 0.262 e. The van der Waals surface area contributed by atoms with Gasteiger partial charge in [-0.1, -0.05) is 12.1 Å². The van der Waals surface area contributed by atoms with E-state index in [0.717, 1.165) is 29.9 Å².